The van der Waals surface area contributed by atoms with Gasteiger partial charge in [0.2, 0.25) is 5.91 Å². The van der Waals surface area contributed by atoms with E-state index in [0.29, 0.717) is 23.7 Å². The van der Waals surface area contributed by atoms with Crippen LogP contribution in [-0.4, -0.2) is 30.3 Å². The van der Waals surface area contributed by atoms with Gasteiger partial charge < -0.3 is 15.2 Å². The van der Waals surface area contributed by atoms with E-state index >= 15 is 0 Å². The van der Waals surface area contributed by atoms with Gasteiger partial charge in [0.25, 0.3) is 0 Å². The summed E-state index contributed by atoms with van der Waals surface area (Å²) >= 11 is 0. The number of aliphatic hydroxyl groups is 1. The molecule has 21 heavy (non-hydrogen) atoms. The second kappa shape index (κ2) is 6.89. The van der Waals surface area contributed by atoms with Crippen molar-refractivity contribution in [2.75, 3.05) is 13.2 Å². The summed E-state index contributed by atoms with van der Waals surface area (Å²) in [5.74, 6) is 0.206. The first-order chi connectivity index (χ1) is 9.99. The second-order valence-corrected chi connectivity index (χ2v) is 5.98. The van der Waals surface area contributed by atoms with Gasteiger partial charge in [-0.3, -0.25) is 4.79 Å². The minimum Gasteiger partial charge on any atom is -0.492 e. The molecule has 116 valence electrons. The van der Waals surface area contributed by atoms with Crippen LogP contribution in [0.25, 0.3) is 0 Å². The maximum atomic E-state index is 13.2. The quantitative estimate of drug-likeness (QED) is 0.872. The van der Waals surface area contributed by atoms with Crippen molar-refractivity contribution >= 4 is 5.91 Å². The summed E-state index contributed by atoms with van der Waals surface area (Å²) in [6.07, 6.45) is 1.18. The molecule has 1 aliphatic rings. The zero-order valence-corrected chi connectivity index (χ0v) is 12.4. The molecule has 2 unspecified atom stereocenters. The number of benzene rings is 1. The van der Waals surface area contributed by atoms with Gasteiger partial charge in [-0.1, -0.05) is 13.8 Å². The monoisotopic (exact) mass is 295 g/mol. The van der Waals surface area contributed by atoms with Gasteiger partial charge in [0.1, 0.15) is 18.2 Å². The third kappa shape index (κ3) is 4.17. The lowest BCUT2D eigenvalue weighted by Gasteiger charge is -2.27. The van der Waals surface area contributed by atoms with E-state index in [1.54, 1.807) is 6.07 Å². The third-order valence-electron chi connectivity index (χ3n) is 3.62. The van der Waals surface area contributed by atoms with E-state index in [0.717, 1.165) is 6.42 Å². The molecule has 0 saturated heterocycles. The van der Waals surface area contributed by atoms with Crippen LogP contribution in [0.1, 0.15) is 25.8 Å². The molecular formula is C16H22FNO3. The van der Waals surface area contributed by atoms with Crippen molar-refractivity contribution in [3.8, 4) is 5.75 Å². The van der Waals surface area contributed by atoms with E-state index < -0.39 is 0 Å². The van der Waals surface area contributed by atoms with Crippen LogP contribution in [0.2, 0.25) is 0 Å². The first kappa shape index (κ1) is 15.8. The molecule has 1 heterocycles. The van der Waals surface area contributed by atoms with Crippen LogP contribution in [0, 0.1) is 17.7 Å². The van der Waals surface area contributed by atoms with Crippen LogP contribution in [0.4, 0.5) is 4.39 Å². The van der Waals surface area contributed by atoms with Crippen molar-refractivity contribution in [2.24, 2.45) is 11.8 Å². The normalized spacial score (nSPS) is 18.8. The molecule has 0 bridgehead atoms. The van der Waals surface area contributed by atoms with E-state index in [1.807, 2.05) is 13.8 Å². The highest BCUT2D eigenvalue weighted by Crippen LogP contribution is 2.28. The number of fused-ring (bicyclic) bond motifs is 1. The van der Waals surface area contributed by atoms with Crippen LogP contribution in [-0.2, 0) is 11.2 Å². The fraction of sp³-hybridized carbons (Fsp3) is 0.562. The predicted octanol–water partition coefficient (Wildman–Crippen LogP) is 1.90. The largest absolute Gasteiger partial charge is 0.492 e. The highest BCUT2D eigenvalue weighted by molar-refractivity contribution is 5.79. The molecule has 0 saturated carbocycles. The highest BCUT2D eigenvalue weighted by atomic mass is 19.1. The first-order valence-corrected chi connectivity index (χ1v) is 7.32. The molecule has 1 amide bonds. The van der Waals surface area contributed by atoms with Crippen LogP contribution in [0.3, 0.4) is 0 Å². The highest BCUT2D eigenvalue weighted by Gasteiger charge is 2.27. The lowest BCUT2D eigenvalue weighted by Crippen LogP contribution is -2.44. The molecule has 5 heteroatoms. The van der Waals surface area contributed by atoms with Crippen LogP contribution >= 0.6 is 0 Å². The predicted molar refractivity (Wildman–Crippen MR) is 77.6 cm³/mol. The zero-order chi connectivity index (χ0) is 15.4. The number of halogens is 1. The number of carbonyl (C=O) groups is 1. The third-order valence-corrected chi connectivity index (χ3v) is 3.62. The molecule has 0 radical (unpaired) electrons. The molecule has 0 spiro atoms. The van der Waals surface area contributed by atoms with Gasteiger partial charge in [0, 0.05) is 0 Å². The van der Waals surface area contributed by atoms with Gasteiger partial charge in [-0.2, -0.15) is 0 Å². The molecular weight excluding hydrogens is 273 g/mol. The van der Waals surface area contributed by atoms with Crippen molar-refractivity contribution in [2.45, 2.75) is 32.7 Å². The van der Waals surface area contributed by atoms with E-state index in [1.165, 1.54) is 12.1 Å². The number of ether oxygens (including phenoxy) is 1. The molecule has 0 aliphatic carbocycles. The number of aliphatic hydroxyl groups excluding tert-OH is 1. The van der Waals surface area contributed by atoms with Crippen LogP contribution in [0.5, 0.6) is 5.75 Å². The maximum absolute atomic E-state index is 13.2. The van der Waals surface area contributed by atoms with Gasteiger partial charge in [0.15, 0.2) is 0 Å². The number of amides is 1. The average molecular weight is 295 g/mol. The Kier molecular flexibility index (Phi) is 5.17. The molecule has 4 nitrogen and oxygen atoms in total. The fourth-order valence-corrected chi connectivity index (χ4v) is 2.60. The molecule has 2 atom stereocenters. The molecule has 2 rings (SSSR count). The van der Waals surface area contributed by atoms with Gasteiger partial charge >= 0.3 is 0 Å². The summed E-state index contributed by atoms with van der Waals surface area (Å²) in [7, 11) is 0. The summed E-state index contributed by atoms with van der Waals surface area (Å²) in [5.41, 5.74) is 0.714. The summed E-state index contributed by atoms with van der Waals surface area (Å²) in [5, 5.41) is 12.2. The second-order valence-electron chi connectivity index (χ2n) is 5.98. The first-order valence-electron chi connectivity index (χ1n) is 7.32. The lowest BCUT2D eigenvalue weighted by atomic mass is 9.95. The van der Waals surface area contributed by atoms with Crippen molar-refractivity contribution < 1.29 is 19.0 Å². The van der Waals surface area contributed by atoms with Gasteiger partial charge in [-0.05, 0) is 42.5 Å². The number of carbonyl (C=O) groups excluding carboxylic acids is 1. The number of hydrogen-bond acceptors (Lipinski definition) is 3. The molecule has 2 N–H and O–H groups in total. The molecule has 1 aliphatic heterocycles. The molecule has 0 fully saturated rings. The Bertz CT molecular complexity index is 504. The maximum Gasteiger partial charge on any atom is 0.227 e. The van der Waals surface area contributed by atoms with Crippen molar-refractivity contribution in [3.05, 3.63) is 29.6 Å². The Hall–Kier alpha value is -1.62. The van der Waals surface area contributed by atoms with Crippen LogP contribution in [0.15, 0.2) is 18.2 Å². The minimum absolute atomic E-state index is 0.0806. The molecule has 1 aromatic carbocycles. The Morgan fingerprint density at radius 3 is 2.95 bits per heavy atom. The van der Waals surface area contributed by atoms with Crippen molar-refractivity contribution in [1.29, 1.82) is 0 Å². The topological polar surface area (TPSA) is 58.6 Å². The van der Waals surface area contributed by atoms with Crippen LogP contribution < -0.4 is 10.1 Å². The summed E-state index contributed by atoms with van der Waals surface area (Å²) in [6, 6.07) is 4.11. The smallest absolute Gasteiger partial charge is 0.227 e. The minimum atomic E-state index is -0.347. The van der Waals surface area contributed by atoms with E-state index in [-0.39, 0.29) is 36.9 Å². The standard InChI is InChI=1S/C16H22FNO3/c1-10(2)5-14(8-19)18-16(20)12-6-11-7-13(17)3-4-15(11)21-9-12/h3-4,7,10,12,14,19H,5-6,8-9H2,1-2H3,(H,18,20). The fourth-order valence-electron chi connectivity index (χ4n) is 2.60. The lowest BCUT2D eigenvalue weighted by molar-refractivity contribution is -0.127. The summed E-state index contributed by atoms with van der Waals surface area (Å²) < 4.78 is 18.8. The van der Waals surface area contributed by atoms with Gasteiger partial charge in [0.05, 0.1) is 18.6 Å². The van der Waals surface area contributed by atoms with E-state index in [9.17, 15) is 14.3 Å². The van der Waals surface area contributed by atoms with Gasteiger partial charge in [-0.25, -0.2) is 4.39 Å². The summed E-state index contributed by atoms with van der Waals surface area (Å²) in [6.45, 7) is 4.28. The zero-order valence-electron chi connectivity index (χ0n) is 12.4. The van der Waals surface area contributed by atoms with Gasteiger partial charge in [-0.15, -0.1) is 0 Å². The van der Waals surface area contributed by atoms with Crippen molar-refractivity contribution in [3.63, 3.8) is 0 Å². The van der Waals surface area contributed by atoms with E-state index in [4.69, 9.17) is 4.74 Å². The SMILES string of the molecule is CC(C)CC(CO)NC(=O)C1COc2ccc(F)cc2C1. The Labute approximate surface area is 124 Å². The Morgan fingerprint density at radius 1 is 1.52 bits per heavy atom. The average Bonchev–Trinajstić information content (AvgIpc) is 2.45. The van der Waals surface area contributed by atoms with Crippen molar-refractivity contribution in [1.82, 2.24) is 5.32 Å². The number of nitrogens with one attached hydrogen (secondary N) is 1. The Morgan fingerprint density at radius 2 is 2.29 bits per heavy atom. The molecule has 0 aromatic heterocycles. The number of hydrogen-bond donors (Lipinski definition) is 2. The number of rotatable bonds is 5. The van der Waals surface area contributed by atoms with E-state index in [2.05, 4.69) is 5.32 Å². The molecule has 1 aromatic rings. The summed E-state index contributed by atoms with van der Waals surface area (Å²) in [4.78, 5) is 12.2. The Balaban J connectivity index is 1.98.